The second-order valence-corrected chi connectivity index (χ2v) is 8.27. The van der Waals surface area contributed by atoms with Crippen molar-refractivity contribution in [3.05, 3.63) is 59.2 Å². The molecule has 9 nitrogen and oxygen atoms in total. The number of amides is 4. The molecule has 1 unspecified atom stereocenters. The van der Waals surface area contributed by atoms with Gasteiger partial charge in [-0.25, -0.2) is 4.79 Å². The van der Waals surface area contributed by atoms with E-state index in [0.29, 0.717) is 22.9 Å². The van der Waals surface area contributed by atoms with E-state index in [-0.39, 0.29) is 23.6 Å². The summed E-state index contributed by atoms with van der Waals surface area (Å²) in [5.74, 6) is -4.16. The summed E-state index contributed by atoms with van der Waals surface area (Å²) in [5, 5.41) is 12.2. The molecule has 2 aromatic rings. The minimum absolute atomic E-state index is 0.0778. The third-order valence-electron chi connectivity index (χ3n) is 6.10. The maximum absolute atomic E-state index is 13.3. The van der Waals surface area contributed by atoms with Crippen molar-refractivity contribution >= 4 is 35.2 Å². The monoisotopic (exact) mass is 490 g/mol. The Morgan fingerprint density at radius 2 is 1.74 bits per heavy atom. The summed E-state index contributed by atoms with van der Waals surface area (Å²) >= 11 is 0. The number of anilines is 2. The van der Waals surface area contributed by atoms with Gasteiger partial charge >= 0.3 is 18.2 Å². The number of nitrogens with one attached hydrogen (secondary N) is 1. The molecule has 2 aromatic carbocycles. The molecule has 0 spiro atoms. The van der Waals surface area contributed by atoms with E-state index in [1.54, 1.807) is 29.2 Å². The Hall–Kier alpha value is -4.09. The van der Waals surface area contributed by atoms with Crippen LogP contribution in [0.15, 0.2) is 42.5 Å². The maximum atomic E-state index is 13.3. The number of alkyl halides is 3. The van der Waals surface area contributed by atoms with Gasteiger partial charge in [-0.15, -0.1) is 0 Å². The third kappa shape index (κ3) is 4.63. The molecule has 0 saturated carbocycles. The van der Waals surface area contributed by atoms with Crippen molar-refractivity contribution in [2.24, 2.45) is 5.92 Å². The molecule has 0 bridgehead atoms. The second-order valence-electron chi connectivity index (χ2n) is 8.27. The molecule has 2 aliphatic rings. The smallest absolute Gasteiger partial charge is 0.416 e. The van der Waals surface area contributed by atoms with Crippen LogP contribution in [-0.4, -0.2) is 53.6 Å². The summed E-state index contributed by atoms with van der Waals surface area (Å²) in [6, 6.07) is 9.00. The van der Waals surface area contributed by atoms with Gasteiger partial charge in [0.1, 0.15) is 0 Å². The lowest BCUT2D eigenvalue weighted by Gasteiger charge is -2.37. The van der Waals surface area contributed by atoms with Crippen LogP contribution in [-0.2, 0) is 27.1 Å². The van der Waals surface area contributed by atoms with Gasteiger partial charge in [-0.1, -0.05) is 12.1 Å². The van der Waals surface area contributed by atoms with Gasteiger partial charge in [-0.3, -0.25) is 24.2 Å². The Morgan fingerprint density at radius 3 is 2.31 bits per heavy atom. The lowest BCUT2D eigenvalue weighted by molar-refractivity contribution is -0.150. The second kappa shape index (κ2) is 8.93. The molecule has 4 rings (SSSR count). The third-order valence-corrected chi connectivity index (χ3v) is 6.10. The van der Waals surface area contributed by atoms with Crippen LogP contribution in [0, 0.1) is 12.8 Å². The molecule has 2 fully saturated rings. The fourth-order valence-corrected chi connectivity index (χ4v) is 4.14. The van der Waals surface area contributed by atoms with Gasteiger partial charge in [-0.2, -0.15) is 13.2 Å². The molecular formula is C23H21F3N4O5. The van der Waals surface area contributed by atoms with Crippen molar-refractivity contribution in [1.29, 1.82) is 0 Å². The average Bonchev–Trinajstić information content (AvgIpc) is 3.23. The van der Waals surface area contributed by atoms with Crippen molar-refractivity contribution in [3.63, 3.8) is 0 Å². The van der Waals surface area contributed by atoms with Crippen LogP contribution in [0.2, 0.25) is 0 Å². The number of nitrogens with zero attached hydrogens (tertiary/aromatic N) is 3. The average molecular weight is 490 g/mol. The minimum atomic E-state index is -4.62. The first kappa shape index (κ1) is 24.0. The number of hydrogen-bond donors (Lipinski definition) is 2. The zero-order chi connectivity index (χ0) is 25.5. The number of urea groups is 1. The van der Waals surface area contributed by atoms with Gasteiger partial charge in [0.05, 0.1) is 25.3 Å². The largest absolute Gasteiger partial charge is 0.481 e. The highest BCUT2D eigenvalue weighted by Crippen LogP contribution is 2.34. The minimum Gasteiger partial charge on any atom is -0.481 e. The van der Waals surface area contributed by atoms with E-state index in [9.17, 15) is 37.5 Å². The fraction of sp³-hybridized carbons (Fsp3) is 0.304. The molecule has 2 heterocycles. The number of imide groups is 1. The van der Waals surface area contributed by atoms with E-state index in [0.717, 1.165) is 11.0 Å². The first-order valence-corrected chi connectivity index (χ1v) is 10.6. The Kier molecular flexibility index (Phi) is 6.14. The Labute approximate surface area is 197 Å². The number of benzene rings is 2. The van der Waals surface area contributed by atoms with Crippen LogP contribution in [0.25, 0.3) is 0 Å². The van der Waals surface area contributed by atoms with Crippen LogP contribution < -0.4 is 15.1 Å². The lowest BCUT2D eigenvalue weighted by Crippen LogP contribution is -2.58. The first-order chi connectivity index (χ1) is 16.5. The highest BCUT2D eigenvalue weighted by molar-refractivity contribution is 6.12. The zero-order valence-electron chi connectivity index (χ0n) is 18.5. The fourth-order valence-electron chi connectivity index (χ4n) is 4.14. The number of carbonyl (C=O) groups excluding carboxylic acids is 3. The van der Waals surface area contributed by atoms with Gasteiger partial charge in [0.25, 0.3) is 0 Å². The lowest BCUT2D eigenvalue weighted by atomic mass is 9.99. The van der Waals surface area contributed by atoms with E-state index in [4.69, 9.17) is 0 Å². The van der Waals surface area contributed by atoms with Crippen LogP contribution in [0.3, 0.4) is 0 Å². The quantitative estimate of drug-likeness (QED) is 0.624. The normalized spacial score (nSPS) is 18.8. The predicted octanol–water partition coefficient (Wildman–Crippen LogP) is 2.58. The molecule has 0 radical (unpaired) electrons. The van der Waals surface area contributed by atoms with Gasteiger partial charge in [0, 0.05) is 17.9 Å². The summed E-state index contributed by atoms with van der Waals surface area (Å²) in [6.07, 6.45) is -4.62. The number of hydrogen-bond acceptors (Lipinski definition) is 5. The highest BCUT2D eigenvalue weighted by Gasteiger charge is 2.44. The molecule has 0 aliphatic carbocycles. The van der Waals surface area contributed by atoms with E-state index < -0.39 is 48.7 Å². The summed E-state index contributed by atoms with van der Waals surface area (Å²) in [4.78, 5) is 52.8. The molecule has 2 aliphatic heterocycles. The molecule has 0 aromatic heterocycles. The van der Waals surface area contributed by atoms with Crippen molar-refractivity contribution in [2.75, 3.05) is 29.6 Å². The highest BCUT2D eigenvalue weighted by atomic mass is 19.4. The molecule has 184 valence electrons. The molecule has 12 heteroatoms. The van der Waals surface area contributed by atoms with E-state index >= 15 is 0 Å². The number of halogens is 3. The van der Waals surface area contributed by atoms with Crippen molar-refractivity contribution in [1.82, 2.24) is 10.2 Å². The van der Waals surface area contributed by atoms with Crippen molar-refractivity contribution in [3.8, 4) is 0 Å². The van der Waals surface area contributed by atoms with Gasteiger partial charge < -0.3 is 15.3 Å². The van der Waals surface area contributed by atoms with Crippen molar-refractivity contribution in [2.45, 2.75) is 19.6 Å². The number of aliphatic carboxylic acids is 1. The Balaban J connectivity index is 1.64. The molecule has 35 heavy (non-hydrogen) atoms. The van der Waals surface area contributed by atoms with Crippen LogP contribution in [0.5, 0.6) is 0 Å². The van der Waals surface area contributed by atoms with Crippen LogP contribution in [0.4, 0.5) is 29.3 Å². The number of carboxylic acids is 1. The molecule has 1 atom stereocenters. The topological polar surface area (TPSA) is 110 Å². The summed E-state index contributed by atoms with van der Waals surface area (Å²) in [7, 11) is 0. The molecule has 2 saturated heterocycles. The molecular weight excluding hydrogens is 469 g/mol. The first-order valence-electron chi connectivity index (χ1n) is 10.6. The zero-order valence-corrected chi connectivity index (χ0v) is 18.5. The van der Waals surface area contributed by atoms with Gasteiger partial charge in [0.15, 0.2) is 5.92 Å². The molecule has 2 N–H and O–H groups in total. The summed E-state index contributed by atoms with van der Waals surface area (Å²) in [6.45, 7) is 0.796. The number of carboxylic acid groups (broad SMARTS) is 1. The van der Waals surface area contributed by atoms with Crippen molar-refractivity contribution < 1.29 is 37.5 Å². The van der Waals surface area contributed by atoms with E-state index in [1.165, 1.54) is 19.1 Å². The number of carbonyl (C=O) groups is 4. The number of rotatable bonds is 5. The summed E-state index contributed by atoms with van der Waals surface area (Å²) < 4.78 is 40.0. The van der Waals surface area contributed by atoms with Gasteiger partial charge in [0.2, 0.25) is 11.8 Å². The maximum Gasteiger partial charge on any atom is 0.416 e. The predicted molar refractivity (Wildman–Crippen MR) is 117 cm³/mol. The molecule has 4 amide bonds. The van der Waals surface area contributed by atoms with Gasteiger partial charge in [-0.05, 0) is 48.4 Å². The standard InChI is InChI=1S/C23H21F3N4O5/c1-13-14(3-2-4-18(13)23(24,25)26)9-30-20(32)17(21(33)34)10-29(22(30)35)16-7-5-15(6-8-16)28-11-19(31)27-12-28/h2-8,17H,9-12H2,1H3,(H,27,31)(H,33,34). The van der Waals surface area contributed by atoms with Crippen LogP contribution >= 0.6 is 0 Å². The summed E-state index contributed by atoms with van der Waals surface area (Å²) in [5.41, 5.74) is 0.0291. The van der Waals surface area contributed by atoms with E-state index in [1.807, 2.05) is 0 Å². The Bertz CT molecular complexity index is 1200. The van der Waals surface area contributed by atoms with Crippen LogP contribution in [0.1, 0.15) is 16.7 Å². The SMILES string of the molecule is Cc1c(CN2C(=O)C(C(=O)O)CN(c3ccc(N4CNC(=O)C4)cc3)C2=O)cccc1C(F)(F)F. The Morgan fingerprint density at radius 1 is 1.09 bits per heavy atom. The van der Waals surface area contributed by atoms with E-state index in [2.05, 4.69) is 5.32 Å².